The molecule has 0 atom stereocenters. The molecule has 6 nitrogen and oxygen atoms in total. The number of carbonyl (C=O) groups is 1. The number of hydrogen-bond donors (Lipinski definition) is 1. The number of aromatic nitrogens is 3. The average molecular weight is 318 g/mol. The molecule has 0 saturated carbocycles. The summed E-state index contributed by atoms with van der Waals surface area (Å²) in [5.74, 6) is -0.323. The predicted octanol–water partition coefficient (Wildman–Crippen LogP) is 2.24. The number of aryl methyl sites for hydroxylation is 3. The highest BCUT2D eigenvalue weighted by atomic mass is 32.1. The van der Waals surface area contributed by atoms with Crippen LogP contribution >= 0.6 is 11.3 Å². The van der Waals surface area contributed by atoms with E-state index in [1.807, 2.05) is 6.92 Å². The zero-order valence-corrected chi connectivity index (χ0v) is 13.3. The summed E-state index contributed by atoms with van der Waals surface area (Å²) in [5, 5.41) is 7.52. The largest absolute Gasteiger partial charge is 0.296 e. The Labute approximate surface area is 132 Å². The van der Waals surface area contributed by atoms with Crippen molar-refractivity contribution in [1.29, 1.82) is 0 Å². The second-order valence-electron chi connectivity index (χ2n) is 5.33. The number of thiazole rings is 1. The first-order chi connectivity index (χ1) is 10.7. The lowest BCUT2D eigenvalue weighted by Gasteiger charge is -2.06. The number of anilines is 1. The Morgan fingerprint density at radius 1 is 1.36 bits per heavy atom. The van der Waals surface area contributed by atoms with Crippen LogP contribution in [-0.4, -0.2) is 20.7 Å². The van der Waals surface area contributed by atoms with E-state index in [0.29, 0.717) is 11.7 Å². The zero-order valence-electron chi connectivity index (χ0n) is 12.5. The summed E-state index contributed by atoms with van der Waals surface area (Å²) in [6.07, 6.45) is 5.17. The fourth-order valence-electron chi connectivity index (χ4n) is 2.51. The lowest BCUT2D eigenvalue weighted by atomic mass is 10.0. The molecule has 3 rings (SSSR count). The maximum Gasteiger partial charge on any atom is 0.277 e. The first kappa shape index (κ1) is 14.9. The molecule has 0 spiro atoms. The Morgan fingerprint density at radius 3 is 2.95 bits per heavy atom. The van der Waals surface area contributed by atoms with Gasteiger partial charge in [0.1, 0.15) is 5.69 Å². The normalized spacial score (nSPS) is 13.7. The van der Waals surface area contributed by atoms with Crippen LogP contribution in [0.3, 0.4) is 0 Å². The van der Waals surface area contributed by atoms with Crippen molar-refractivity contribution in [2.75, 3.05) is 5.32 Å². The second kappa shape index (κ2) is 6.39. The molecule has 0 unspecified atom stereocenters. The van der Waals surface area contributed by atoms with Gasteiger partial charge in [-0.15, -0.1) is 11.3 Å². The van der Waals surface area contributed by atoms with Crippen molar-refractivity contribution in [2.24, 2.45) is 0 Å². The highest BCUT2D eigenvalue weighted by Crippen LogP contribution is 2.29. The number of carbonyl (C=O) groups excluding carboxylic acids is 1. The molecular formula is C15H18N4O2S. The topological polar surface area (TPSA) is 76.9 Å². The summed E-state index contributed by atoms with van der Waals surface area (Å²) in [7, 11) is 0. The maximum absolute atomic E-state index is 12.3. The van der Waals surface area contributed by atoms with Gasteiger partial charge in [-0.25, -0.2) is 9.67 Å². The van der Waals surface area contributed by atoms with Crippen LogP contribution in [0.25, 0.3) is 0 Å². The summed E-state index contributed by atoms with van der Waals surface area (Å²) in [5.41, 5.74) is 1.15. The molecule has 1 aliphatic carbocycles. The Balaban J connectivity index is 1.78. The van der Waals surface area contributed by atoms with Gasteiger partial charge in [-0.05, 0) is 38.2 Å². The SMILES string of the molecule is CCCn1nc(C(=O)Nc2nc3c(s2)CCCC3)ccc1=O. The lowest BCUT2D eigenvalue weighted by molar-refractivity contribution is 0.101. The monoisotopic (exact) mass is 318 g/mol. The van der Waals surface area contributed by atoms with E-state index in [9.17, 15) is 9.59 Å². The number of amides is 1. The van der Waals surface area contributed by atoms with E-state index in [1.54, 1.807) is 0 Å². The van der Waals surface area contributed by atoms with Crippen LogP contribution in [0.5, 0.6) is 0 Å². The first-order valence-electron chi connectivity index (χ1n) is 7.55. The van der Waals surface area contributed by atoms with Crippen molar-refractivity contribution >= 4 is 22.4 Å². The summed E-state index contributed by atoms with van der Waals surface area (Å²) < 4.78 is 1.32. The molecule has 2 aromatic rings. The number of nitrogens with zero attached hydrogens (tertiary/aromatic N) is 3. The first-order valence-corrected chi connectivity index (χ1v) is 8.37. The van der Waals surface area contributed by atoms with Gasteiger partial charge in [0.05, 0.1) is 5.69 Å². The van der Waals surface area contributed by atoms with E-state index in [0.717, 1.165) is 31.4 Å². The van der Waals surface area contributed by atoms with Gasteiger partial charge in [-0.3, -0.25) is 14.9 Å². The van der Waals surface area contributed by atoms with Gasteiger partial charge in [0.2, 0.25) is 0 Å². The summed E-state index contributed by atoms with van der Waals surface area (Å²) >= 11 is 1.54. The van der Waals surface area contributed by atoms with Crippen LogP contribution in [0.2, 0.25) is 0 Å². The molecular weight excluding hydrogens is 300 g/mol. The van der Waals surface area contributed by atoms with Crippen LogP contribution in [0, 0.1) is 0 Å². The van der Waals surface area contributed by atoms with Gasteiger partial charge in [-0.1, -0.05) is 6.92 Å². The molecule has 0 aromatic carbocycles. The molecule has 0 aliphatic heterocycles. The smallest absolute Gasteiger partial charge is 0.277 e. The average Bonchev–Trinajstić information content (AvgIpc) is 2.91. The minimum Gasteiger partial charge on any atom is -0.296 e. The minimum atomic E-state index is -0.323. The molecule has 0 fully saturated rings. The fraction of sp³-hybridized carbons (Fsp3) is 0.467. The van der Waals surface area contributed by atoms with E-state index in [-0.39, 0.29) is 17.2 Å². The molecule has 0 radical (unpaired) electrons. The number of hydrogen-bond acceptors (Lipinski definition) is 5. The standard InChI is InChI=1S/C15H18N4O2S/c1-2-9-19-13(20)8-7-11(18-19)14(21)17-15-16-10-5-3-4-6-12(10)22-15/h7-8H,2-6,9H2,1H3,(H,16,17,21). The van der Waals surface area contributed by atoms with Crippen molar-refractivity contribution < 1.29 is 4.79 Å². The highest BCUT2D eigenvalue weighted by molar-refractivity contribution is 7.15. The van der Waals surface area contributed by atoms with Gasteiger partial charge in [-0.2, -0.15) is 5.10 Å². The molecule has 1 amide bonds. The third-order valence-electron chi connectivity index (χ3n) is 3.60. The van der Waals surface area contributed by atoms with Crippen molar-refractivity contribution in [3.8, 4) is 0 Å². The van der Waals surface area contributed by atoms with E-state index >= 15 is 0 Å². The molecule has 22 heavy (non-hydrogen) atoms. The zero-order chi connectivity index (χ0) is 15.5. The summed E-state index contributed by atoms with van der Waals surface area (Å²) in [6.45, 7) is 2.46. The summed E-state index contributed by atoms with van der Waals surface area (Å²) in [6, 6.07) is 2.84. The quantitative estimate of drug-likeness (QED) is 0.938. The fourth-order valence-corrected chi connectivity index (χ4v) is 3.55. The molecule has 116 valence electrons. The third-order valence-corrected chi connectivity index (χ3v) is 4.67. The highest BCUT2D eigenvalue weighted by Gasteiger charge is 2.17. The summed E-state index contributed by atoms with van der Waals surface area (Å²) in [4.78, 5) is 29.7. The van der Waals surface area contributed by atoms with Gasteiger partial charge in [0.15, 0.2) is 5.13 Å². The third kappa shape index (κ3) is 3.09. The molecule has 1 N–H and O–H groups in total. The van der Waals surface area contributed by atoms with Crippen molar-refractivity contribution in [2.45, 2.75) is 45.6 Å². The Morgan fingerprint density at radius 2 is 2.18 bits per heavy atom. The van der Waals surface area contributed by atoms with E-state index in [4.69, 9.17) is 0 Å². The van der Waals surface area contributed by atoms with E-state index in [2.05, 4.69) is 15.4 Å². The molecule has 7 heteroatoms. The van der Waals surface area contributed by atoms with Crippen LogP contribution in [0.15, 0.2) is 16.9 Å². The van der Waals surface area contributed by atoms with Crippen molar-refractivity contribution in [1.82, 2.24) is 14.8 Å². The van der Waals surface area contributed by atoms with Crippen molar-refractivity contribution in [3.05, 3.63) is 38.8 Å². The predicted molar refractivity (Wildman–Crippen MR) is 85.5 cm³/mol. The molecule has 2 heterocycles. The maximum atomic E-state index is 12.3. The van der Waals surface area contributed by atoms with Crippen LogP contribution in [-0.2, 0) is 19.4 Å². The second-order valence-corrected chi connectivity index (χ2v) is 6.41. The van der Waals surface area contributed by atoms with Crippen LogP contribution < -0.4 is 10.9 Å². The Hall–Kier alpha value is -2.02. The van der Waals surface area contributed by atoms with Gasteiger partial charge >= 0.3 is 0 Å². The molecule has 0 bridgehead atoms. The van der Waals surface area contributed by atoms with E-state index in [1.165, 1.54) is 39.4 Å². The van der Waals surface area contributed by atoms with Gasteiger partial charge < -0.3 is 0 Å². The minimum absolute atomic E-state index is 0.192. The molecule has 0 saturated heterocycles. The number of rotatable bonds is 4. The van der Waals surface area contributed by atoms with Gasteiger partial charge in [0, 0.05) is 17.5 Å². The van der Waals surface area contributed by atoms with Gasteiger partial charge in [0.25, 0.3) is 11.5 Å². The molecule has 2 aromatic heterocycles. The lowest BCUT2D eigenvalue weighted by Crippen LogP contribution is -2.26. The van der Waals surface area contributed by atoms with Crippen molar-refractivity contribution in [3.63, 3.8) is 0 Å². The van der Waals surface area contributed by atoms with Crippen LogP contribution in [0.1, 0.15) is 47.2 Å². The van der Waals surface area contributed by atoms with E-state index < -0.39 is 0 Å². The molecule has 1 aliphatic rings. The Kier molecular flexibility index (Phi) is 4.33. The number of fused-ring (bicyclic) bond motifs is 1. The number of nitrogens with one attached hydrogen (secondary N) is 1. The Bertz CT molecular complexity index is 727. The van der Waals surface area contributed by atoms with Crippen LogP contribution in [0.4, 0.5) is 5.13 Å².